The molecule has 0 saturated carbocycles. The number of aryl methyl sites for hydroxylation is 1. The van der Waals surface area contributed by atoms with Gasteiger partial charge in [-0.25, -0.2) is 9.67 Å². The molecule has 1 aromatic carbocycles. The van der Waals surface area contributed by atoms with Gasteiger partial charge in [-0.2, -0.15) is 0 Å². The number of aliphatic hydroxyl groups is 1. The van der Waals surface area contributed by atoms with Gasteiger partial charge in [-0.1, -0.05) is 48.2 Å². The van der Waals surface area contributed by atoms with Gasteiger partial charge in [0, 0.05) is 46.0 Å². The molecule has 1 amide bonds. The van der Waals surface area contributed by atoms with Gasteiger partial charge in [0.2, 0.25) is 0 Å². The number of pyridine rings is 1. The van der Waals surface area contributed by atoms with Crippen molar-refractivity contribution >= 4 is 57.4 Å². The van der Waals surface area contributed by atoms with Crippen molar-refractivity contribution in [1.29, 1.82) is 0 Å². The number of fused-ring (bicyclic) bond motifs is 1. The summed E-state index contributed by atoms with van der Waals surface area (Å²) in [5.41, 5.74) is 2.45. The van der Waals surface area contributed by atoms with Crippen LogP contribution in [0.1, 0.15) is 16.8 Å². The molecule has 13 heteroatoms. The highest BCUT2D eigenvalue weighted by Gasteiger charge is 2.38. The minimum absolute atomic E-state index is 0.0825. The normalized spacial score (nSPS) is 17.2. The Balaban J connectivity index is 1.44. The number of carbonyl (C=O) groups is 1. The number of carbonyl (C=O) groups excluding carboxylic acids is 1. The summed E-state index contributed by atoms with van der Waals surface area (Å²) in [7, 11) is 1.76. The molecule has 3 aromatic heterocycles. The van der Waals surface area contributed by atoms with Crippen molar-refractivity contribution in [3.05, 3.63) is 91.1 Å². The van der Waals surface area contributed by atoms with E-state index in [9.17, 15) is 19.5 Å². The van der Waals surface area contributed by atoms with Gasteiger partial charge in [0.1, 0.15) is 17.2 Å². The maximum Gasteiger partial charge on any atom is 0.296 e. The minimum Gasteiger partial charge on any atom is -0.395 e. The molecule has 0 aliphatic carbocycles. The molecule has 2 aliphatic rings. The largest absolute Gasteiger partial charge is 0.395 e. The second kappa shape index (κ2) is 11.6. The molecule has 11 nitrogen and oxygen atoms in total. The third kappa shape index (κ3) is 5.01. The molecule has 222 valence electrons. The van der Waals surface area contributed by atoms with Crippen molar-refractivity contribution in [1.82, 2.24) is 23.6 Å². The average molecular weight is 618 g/mol. The number of benzene rings is 1. The first-order valence-electron chi connectivity index (χ1n) is 13.9. The molecular formula is C30H31N7O4S2. The number of nitrogens with zero attached hydrogens (tertiary/aromatic N) is 7. The number of aromatic nitrogens is 4. The fraction of sp³-hybridized carbons (Fsp3) is 0.300. The van der Waals surface area contributed by atoms with Gasteiger partial charge < -0.3 is 10.0 Å². The van der Waals surface area contributed by atoms with E-state index in [0.717, 1.165) is 17.3 Å². The summed E-state index contributed by atoms with van der Waals surface area (Å²) in [6.45, 7) is 6.97. The van der Waals surface area contributed by atoms with Gasteiger partial charge in [-0.05, 0) is 43.7 Å². The lowest BCUT2D eigenvalue weighted by atomic mass is 10.2. The molecular weight excluding hydrogens is 587 g/mol. The molecule has 1 N–H and O–H groups in total. The van der Waals surface area contributed by atoms with Crippen LogP contribution in [0.4, 0.5) is 11.5 Å². The van der Waals surface area contributed by atoms with Crippen LogP contribution < -0.4 is 20.9 Å². The van der Waals surface area contributed by atoms with Gasteiger partial charge in [-0.3, -0.25) is 33.3 Å². The number of thioether (sulfide) groups is 1. The SMILES string of the molecule is Cc1cccn2c(=O)c(C=C3SC(=S)N(c4c(C)n(C)n(-c5ccccc5)c4=O)C3=O)c(N3CCN(CCO)CC3)nc12. The predicted molar refractivity (Wildman–Crippen MR) is 173 cm³/mol. The maximum absolute atomic E-state index is 13.9. The number of hydrogen-bond acceptors (Lipinski definition) is 9. The summed E-state index contributed by atoms with van der Waals surface area (Å²) < 4.78 is 4.91. The van der Waals surface area contributed by atoms with E-state index in [1.54, 1.807) is 37.0 Å². The van der Waals surface area contributed by atoms with Gasteiger partial charge in [0.25, 0.3) is 17.0 Å². The first kappa shape index (κ1) is 29.1. The number of amides is 1. The molecule has 5 heterocycles. The number of β-amino-alcohol motifs (C(OH)–C–C–N with tert-alkyl or cyclic N) is 1. The third-order valence-corrected chi connectivity index (χ3v) is 9.27. The molecule has 2 fully saturated rings. The van der Waals surface area contributed by atoms with Crippen molar-refractivity contribution in [2.24, 2.45) is 7.05 Å². The molecule has 4 aromatic rings. The van der Waals surface area contributed by atoms with Crippen LogP contribution in [0.3, 0.4) is 0 Å². The van der Waals surface area contributed by atoms with E-state index < -0.39 is 5.91 Å². The summed E-state index contributed by atoms with van der Waals surface area (Å²) in [4.78, 5) is 52.2. The lowest BCUT2D eigenvalue weighted by Crippen LogP contribution is -2.48. The van der Waals surface area contributed by atoms with Crippen LogP contribution in [0.5, 0.6) is 0 Å². The van der Waals surface area contributed by atoms with Gasteiger partial charge in [0.05, 0.1) is 28.5 Å². The Bertz CT molecular complexity index is 1900. The summed E-state index contributed by atoms with van der Waals surface area (Å²) >= 11 is 6.70. The minimum atomic E-state index is -0.464. The smallest absolute Gasteiger partial charge is 0.296 e. The van der Waals surface area contributed by atoms with Crippen molar-refractivity contribution in [3.8, 4) is 5.69 Å². The number of anilines is 2. The van der Waals surface area contributed by atoms with Crippen molar-refractivity contribution in [2.45, 2.75) is 13.8 Å². The van der Waals surface area contributed by atoms with Crippen molar-refractivity contribution in [2.75, 3.05) is 49.1 Å². The van der Waals surface area contributed by atoms with Crippen LogP contribution in [0.15, 0.2) is 63.2 Å². The van der Waals surface area contributed by atoms with Crippen LogP contribution in [-0.2, 0) is 11.8 Å². The van der Waals surface area contributed by atoms with Crippen molar-refractivity contribution < 1.29 is 9.90 Å². The van der Waals surface area contributed by atoms with E-state index in [-0.39, 0.29) is 38.2 Å². The average Bonchev–Trinajstić information content (AvgIpc) is 3.40. The van der Waals surface area contributed by atoms with Gasteiger partial charge in [0.15, 0.2) is 4.32 Å². The van der Waals surface area contributed by atoms with Crippen molar-refractivity contribution in [3.63, 3.8) is 0 Å². The first-order valence-corrected chi connectivity index (χ1v) is 15.2. The zero-order chi connectivity index (χ0) is 30.4. The summed E-state index contributed by atoms with van der Waals surface area (Å²) in [5, 5.41) is 9.36. The number of para-hydroxylation sites is 1. The molecule has 0 bridgehead atoms. The summed E-state index contributed by atoms with van der Waals surface area (Å²) in [6.07, 6.45) is 3.23. The van der Waals surface area contributed by atoms with E-state index >= 15 is 0 Å². The molecule has 0 unspecified atom stereocenters. The number of rotatable bonds is 6. The third-order valence-electron chi connectivity index (χ3n) is 7.97. The Morgan fingerprint density at radius 1 is 1.00 bits per heavy atom. The van der Waals surface area contributed by atoms with Gasteiger partial charge >= 0.3 is 0 Å². The fourth-order valence-electron chi connectivity index (χ4n) is 5.60. The second-order valence-corrected chi connectivity index (χ2v) is 12.2. The van der Waals surface area contributed by atoms with Crippen LogP contribution >= 0.6 is 24.0 Å². The van der Waals surface area contributed by atoms with Crippen LogP contribution in [-0.4, -0.2) is 78.3 Å². The molecule has 0 radical (unpaired) electrons. The van der Waals surface area contributed by atoms with E-state index in [1.165, 1.54) is 14.0 Å². The number of aliphatic hydroxyl groups excluding tert-OH is 1. The first-order chi connectivity index (χ1) is 20.7. The van der Waals surface area contributed by atoms with Crippen LogP contribution in [0, 0.1) is 13.8 Å². The lowest BCUT2D eigenvalue weighted by molar-refractivity contribution is -0.113. The Kier molecular flexibility index (Phi) is 7.81. The van der Waals surface area contributed by atoms with E-state index in [4.69, 9.17) is 17.2 Å². The number of hydrogen-bond donors (Lipinski definition) is 1. The Hall–Kier alpha value is -4.04. The lowest BCUT2D eigenvalue weighted by Gasteiger charge is -2.35. The monoisotopic (exact) mass is 617 g/mol. The quantitative estimate of drug-likeness (QED) is 0.258. The zero-order valence-electron chi connectivity index (χ0n) is 24.1. The van der Waals surface area contributed by atoms with Crippen LogP contribution in [0.2, 0.25) is 0 Å². The Morgan fingerprint density at radius 3 is 2.42 bits per heavy atom. The molecule has 0 atom stereocenters. The molecule has 43 heavy (non-hydrogen) atoms. The highest BCUT2D eigenvalue weighted by molar-refractivity contribution is 8.27. The van der Waals surface area contributed by atoms with E-state index in [2.05, 4.69) is 4.90 Å². The predicted octanol–water partition coefficient (Wildman–Crippen LogP) is 2.32. The van der Waals surface area contributed by atoms with Gasteiger partial charge in [-0.15, -0.1) is 0 Å². The maximum atomic E-state index is 13.9. The molecule has 2 aliphatic heterocycles. The summed E-state index contributed by atoms with van der Waals surface area (Å²) in [5.74, 6) is 0.0315. The molecule has 2 saturated heterocycles. The summed E-state index contributed by atoms with van der Waals surface area (Å²) in [6, 6.07) is 12.9. The van der Waals surface area contributed by atoms with E-state index in [0.29, 0.717) is 55.6 Å². The number of piperazine rings is 1. The standard InChI is InChI=1S/C30H31N7O4S2/c1-19-8-7-11-35-25(19)31-26(34-14-12-33(13-15-34)16-17-38)22(27(35)39)18-23-28(40)36(30(42)43-23)24-20(2)32(3)37(29(24)41)21-9-5-4-6-10-21/h4-11,18,38H,12-17H2,1-3H3. The van der Waals surface area contributed by atoms with Crippen LogP contribution in [0.25, 0.3) is 17.4 Å². The topological polar surface area (TPSA) is 108 Å². The zero-order valence-corrected chi connectivity index (χ0v) is 25.7. The Labute approximate surface area is 257 Å². The molecule has 0 spiro atoms. The number of thiocarbonyl (C=S) groups is 1. The fourth-order valence-corrected chi connectivity index (χ4v) is 6.85. The molecule has 6 rings (SSSR count). The Morgan fingerprint density at radius 2 is 1.72 bits per heavy atom. The highest BCUT2D eigenvalue weighted by Crippen LogP contribution is 2.37. The highest BCUT2D eigenvalue weighted by atomic mass is 32.2. The second-order valence-electron chi connectivity index (χ2n) is 10.5. The van der Waals surface area contributed by atoms with E-state index in [1.807, 2.05) is 48.2 Å².